The fourth-order valence-corrected chi connectivity index (χ4v) is 2.27. The van der Waals surface area contributed by atoms with Gasteiger partial charge in [0.25, 0.3) is 0 Å². The SMILES string of the molecule is CC(C)(C)Oc1nc(Sc2ccccc2)ccc1N. The molecule has 2 N–H and O–H groups in total. The highest BCUT2D eigenvalue weighted by atomic mass is 32.2. The highest BCUT2D eigenvalue weighted by molar-refractivity contribution is 7.99. The molecular formula is C15H18N2OS. The Morgan fingerprint density at radius 2 is 1.74 bits per heavy atom. The zero-order valence-corrected chi connectivity index (χ0v) is 12.2. The van der Waals surface area contributed by atoms with Crippen molar-refractivity contribution in [1.29, 1.82) is 0 Å². The molecule has 0 aliphatic heterocycles. The minimum atomic E-state index is -0.308. The summed E-state index contributed by atoms with van der Waals surface area (Å²) >= 11 is 1.59. The van der Waals surface area contributed by atoms with Crippen molar-refractivity contribution < 1.29 is 4.74 Å². The van der Waals surface area contributed by atoms with Crippen LogP contribution in [-0.2, 0) is 0 Å². The van der Waals surface area contributed by atoms with E-state index >= 15 is 0 Å². The predicted molar refractivity (Wildman–Crippen MR) is 79.6 cm³/mol. The number of hydrogen-bond acceptors (Lipinski definition) is 4. The van der Waals surface area contributed by atoms with Gasteiger partial charge < -0.3 is 10.5 Å². The quantitative estimate of drug-likeness (QED) is 0.919. The van der Waals surface area contributed by atoms with Gasteiger partial charge in [0.2, 0.25) is 5.88 Å². The number of pyridine rings is 1. The Morgan fingerprint density at radius 1 is 1.05 bits per heavy atom. The van der Waals surface area contributed by atoms with Gasteiger partial charge in [-0.1, -0.05) is 30.0 Å². The van der Waals surface area contributed by atoms with Crippen LogP contribution in [0.4, 0.5) is 5.69 Å². The molecule has 0 saturated heterocycles. The molecule has 100 valence electrons. The van der Waals surface area contributed by atoms with Gasteiger partial charge in [0.05, 0.1) is 5.69 Å². The van der Waals surface area contributed by atoms with Gasteiger partial charge in [0, 0.05) is 4.90 Å². The average molecular weight is 274 g/mol. The number of nitrogens with two attached hydrogens (primary N) is 1. The van der Waals surface area contributed by atoms with Gasteiger partial charge in [0.1, 0.15) is 10.6 Å². The molecule has 3 nitrogen and oxygen atoms in total. The molecule has 1 aromatic heterocycles. The van der Waals surface area contributed by atoms with Crippen LogP contribution in [0.2, 0.25) is 0 Å². The van der Waals surface area contributed by atoms with Crippen LogP contribution in [0, 0.1) is 0 Å². The van der Waals surface area contributed by atoms with E-state index in [9.17, 15) is 0 Å². The molecule has 1 aromatic carbocycles. The van der Waals surface area contributed by atoms with E-state index in [2.05, 4.69) is 4.98 Å². The fraction of sp³-hybridized carbons (Fsp3) is 0.267. The van der Waals surface area contributed by atoms with Crippen LogP contribution in [-0.4, -0.2) is 10.6 Å². The van der Waals surface area contributed by atoms with Crippen LogP contribution in [0.15, 0.2) is 52.4 Å². The molecule has 19 heavy (non-hydrogen) atoms. The van der Waals surface area contributed by atoms with Crippen LogP contribution >= 0.6 is 11.8 Å². The summed E-state index contributed by atoms with van der Waals surface area (Å²) in [5.41, 5.74) is 6.15. The summed E-state index contributed by atoms with van der Waals surface area (Å²) in [6.07, 6.45) is 0. The number of hydrogen-bond donors (Lipinski definition) is 1. The molecule has 4 heteroatoms. The number of nitrogen functional groups attached to an aromatic ring is 1. The normalized spacial score (nSPS) is 11.3. The molecule has 2 rings (SSSR count). The van der Waals surface area contributed by atoms with Gasteiger partial charge in [-0.05, 0) is 45.0 Å². The molecule has 0 radical (unpaired) electrons. The summed E-state index contributed by atoms with van der Waals surface area (Å²) < 4.78 is 5.76. The maximum Gasteiger partial charge on any atom is 0.238 e. The van der Waals surface area contributed by atoms with E-state index in [1.165, 1.54) is 0 Å². The van der Waals surface area contributed by atoms with Crippen molar-refractivity contribution in [3.63, 3.8) is 0 Å². The first-order chi connectivity index (χ1) is 8.94. The number of rotatable bonds is 3. The van der Waals surface area contributed by atoms with Crippen molar-refractivity contribution in [3.05, 3.63) is 42.5 Å². The van der Waals surface area contributed by atoms with Gasteiger partial charge >= 0.3 is 0 Å². The average Bonchev–Trinajstić information content (AvgIpc) is 2.33. The molecule has 0 bridgehead atoms. The smallest absolute Gasteiger partial charge is 0.238 e. The molecule has 0 unspecified atom stereocenters. The predicted octanol–water partition coefficient (Wildman–Crippen LogP) is 3.99. The van der Waals surface area contributed by atoms with E-state index in [1.54, 1.807) is 11.8 Å². The van der Waals surface area contributed by atoms with E-state index in [0.29, 0.717) is 11.6 Å². The topological polar surface area (TPSA) is 48.1 Å². The number of anilines is 1. The van der Waals surface area contributed by atoms with Crippen LogP contribution in [0.1, 0.15) is 20.8 Å². The number of aromatic nitrogens is 1. The van der Waals surface area contributed by atoms with Crippen LogP contribution in [0.5, 0.6) is 5.88 Å². The maximum atomic E-state index is 5.89. The van der Waals surface area contributed by atoms with Gasteiger partial charge in [-0.3, -0.25) is 0 Å². The van der Waals surface area contributed by atoms with Crippen molar-refractivity contribution in [1.82, 2.24) is 4.98 Å². The van der Waals surface area contributed by atoms with Crippen LogP contribution < -0.4 is 10.5 Å². The molecule has 0 atom stereocenters. The van der Waals surface area contributed by atoms with E-state index < -0.39 is 0 Å². The summed E-state index contributed by atoms with van der Waals surface area (Å²) in [5.74, 6) is 0.494. The zero-order chi connectivity index (χ0) is 13.9. The second kappa shape index (κ2) is 5.53. The summed E-state index contributed by atoms with van der Waals surface area (Å²) in [6, 6.07) is 13.8. The van der Waals surface area contributed by atoms with Gasteiger partial charge in [-0.15, -0.1) is 0 Å². The lowest BCUT2D eigenvalue weighted by molar-refractivity contribution is 0.124. The second-order valence-electron chi connectivity index (χ2n) is 5.17. The number of ether oxygens (including phenoxy) is 1. The Kier molecular flexibility index (Phi) is 4.00. The number of nitrogens with zero attached hydrogens (tertiary/aromatic N) is 1. The Labute approximate surface area is 118 Å². The third kappa shape index (κ3) is 4.17. The van der Waals surface area contributed by atoms with E-state index in [0.717, 1.165) is 9.92 Å². The molecule has 2 aromatic rings. The standard InChI is InChI=1S/C15H18N2OS/c1-15(2,3)18-14-12(16)9-10-13(17-14)19-11-7-5-4-6-8-11/h4-10H,16H2,1-3H3. The minimum Gasteiger partial charge on any atom is -0.470 e. The lowest BCUT2D eigenvalue weighted by Crippen LogP contribution is -2.24. The Morgan fingerprint density at radius 3 is 2.37 bits per heavy atom. The largest absolute Gasteiger partial charge is 0.470 e. The van der Waals surface area contributed by atoms with Gasteiger partial charge in [0.15, 0.2) is 0 Å². The van der Waals surface area contributed by atoms with Crippen molar-refractivity contribution >= 4 is 17.4 Å². The molecule has 0 saturated carbocycles. The minimum absolute atomic E-state index is 0.308. The highest BCUT2D eigenvalue weighted by Crippen LogP contribution is 2.30. The van der Waals surface area contributed by atoms with Crippen molar-refractivity contribution in [2.75, 3.05) is 5.73 Å². The number of benzene rings is 1. The summed E-state index contributed by atoms with van der Waals surface area (Å²) in [7, 11) is 0. The van der Waals surface area contributed by atoms with Crippen molar-refractivity contribution in [3.8, 4) is 5.88 Å². The molecule has 0 amide bonds. The summed E-state index contributed by atoms with van der Waals surface area (Å²) in [5, 5.41) is 0.875. The zero-order valence-electron chi connectivity index (χ0n) is 11.4. The lowest BCUT2D eigenvalue weighted by Gasteiger charge is -2.21. The molecule has 0 aliphatic carbocycles. The highest BCUT2D eigenvalue weighted by Gasteiger charge is 2.15. The Balaban J connectivity index is 2.21. The lowest BCUT2D eigenvalue weighted by atomic mass is 10.2. The molecule has 0 spiro atoms. The molecule has 0 aliphatic rings. The van der Waals surface area contributed by atoms with Crippen molar-refractivity contribution in [2.24, 2.45) is 0 Å². The van der Waals surface area contributed by atoms with Crippen LogP contribution in [0.25, 0.3) is 0 Å². The second-order valence-corrected chi connectivity index (χ2v) is 6.27. The Hall–Kier alpha value is -1.68. The first kappa shape index (κ1) is 13.7. The molecule has 0 fully saturated rings. The van der Waals surface area contributed by atoms with E-state index in [-0.39, 0.29) is 5.60 Å². The fourth-order valence-electron chi connectivity index (χ4n) is 1.47. The van der Waals surface area contributed by atoms with Crippen LogP contribution in [0.3, 0.4) is 0 Å². The van der Waals surface area contributed by atoms with Gasteiger partial charge in [-0.25, -0.2) is 4.98 Å². The molecule has 1 heterocycles. The summed E-state index contributed by atoms with van der Waals surface area (Å²) in [4.78, 5) is 5.61. The first-order valence-electron chi connectivity index (χ1n) is 6.12. The van der Waals surface area contributed by atoms with Gasteiger partial charge in [-0.2, -0.15) is 0 Å². The maximum absolute atomic E-state index is 5.89. The third-order valence-corrected chi connectivity index (χ3v) is 3.18. The first-order valence-corrected chi connectivity index (χ1v) is 6.94. The van der Waals surface area contributed by atoms with Crippen molar-refractivity contribution in [2.45, 2.75) is 36.3 Å². The summed E-state index contributed by atoms with van der Waals surface area (Å²) in [6.45, 7) is 5.93. The Bertz CT molecular complexity index is 550. The van der Waals surface area contributed by atoms with E-state index in [4.69, 9.17) is 10.5 Å². The third-order valence-electron chi connectivity index (χ3n) is 2.23. The molecular weight excluding hydrogens is 256 g/mol. The monoisotopic (exact) mass is 274 g/mol. The van der Waals surface area contributed by atoms with E-state index in [1.807, 2.05) is 63.2 Å².